The molecule has 0 fully saturated rings. The van der Waals surface area contributed by atoms with Crippen molar-refractivity contribution in [2.24, 2.45) is 0 Å². The van der Waals surface area contributed by atoms with E-state index in [1.807, 2.05) is 12.1 Å². The minimum absolute atomic E-state index is 0.0213. The summed E-state index contributed by atoms with van der Waals surface area (Å²) in [6.45, 7) is 13.0. The van der Waals surface area contributed by atoms with Crippen molar-refractivity contribution in [3.8, 4) is 5.75 Å². The Bertz CT molecular complexity index is 610. The lowest BCUT2D eigenvalue weighted by Gasteiger charge is -2.28. The molecular formula is C18H24O. The van der Waals surface area contributed by atoms with E-state index in [2.05, 4.69) is 59.7 Å². The predicted molar refractivity (Wildman–Crippen MR) is 83.0 cm³/mol. The summed E-state index contributed by atoms with van der Waals surface area (Å²) in [6, 6.07) is 10.3. The van der Waals surface area contributed by atoms with Crippen molar-refractivity contribution in [1.82, 2.24) is 0 Å². The second-order valence-corrected chi connectivity index (χ2v) is 7.36. The summed E-state index contributed by atoms with van der Waals surface area (Å²) in [4.78, 5) is 0. The average molecular weight is 256 g/mol. The highest BCUT2D eigenvalue weighted by Crippen LogP contribution is 2.41. The first kappa shape index (κ1) is 13.9. The van der Waals surface area contributed by atoms with Gasteiger partial charge in [0, 0.05) is 5.56 Å². The van der Waals surface area contributed by atoms with Crippen molar-refractivity contribution in [2.75, 3.05) is 0 Å². The fraction of sp³-hybridized carbons (Fsp3) is 0.444. The quantitative estimate of drug-likeness (QED) is 0.692. The van der Waals surface area contributed by atoms with Gasteiger partial charge < -0.3 is 5.11 Å². The molecule has 1 nitrogen and oxygen atoms in total. The Balaban J connectivity index is 2.94. The normalized spacial score (nSPS) is 12.9. The van der Waals surface area contributed by atoms with Crippen LogP contribution >= 0.6 is 0 Å². The van der Waals surface area contributed by atoms with Crippen LogP contribution in [0.25, 0.3) is 10.8 Å². The lowest BCUT2D eigenvalue weighted by Crippen LogP contribution is -2.16. The third-order valence-corrected chi connectivity index (χ3v) is 3.58. The molecule has 0 atom stereocenters. The van der Waals surface area contributed by atoms with Crippen LogP contribution in [-0.4, -0.2) is 5.11 Å². The molecule has 0 radical (unpaired) electrons. The lowest BCUT2D eigenvalue weighted by atomic mass is 9.77. The monoisotopic (exact) mass is 256 g/mol. The van der Waals surface area contributed by atoms with E-state index in [4.69, 9.17) is 0 Å². The third-order valence-electron chi connectivity index (χ3n) is 3.58. The highest BCUT2D eigenvalue weighted by atomic mass is 16.3. The summed E-state index contributed by atoms with van der Waals surface area (Å²) < 4.78 is 0. The van der Waals surface area contributed by atoms with E-state index in [0.717, 1.165) is 5.56 Å². The fourth-order valence-corrected chi connectivity index (χ4v) is 2.77. The summed E-state index contributed by atoms with van der Waals surface area (Å²) in [5.74, 6) is 0.413. The molecule has 0 saturated carbocycles. The Hall–Kier alpha value is -1.50. The van der Waals surface area contributed by atoms with E-state index in [1.165, 1.54) is 16.3 Å². The zero-order chi connectivity index (χ0) is 14.4. The van der Waals surface area contributed by atoms with Gasteiger partial charge in [0.1, 0.15) is 5.75 Å². The zero-order valence-electron chi connectivity index (χ0n) is 12.8. The molecule has 102 valence electrons. The summed E-state index contributed by atoms with van der Waals surface area (Å²) in [6.07, 6.45) is 0. The van der Waals surface area contributed by atoms with Crippen molar-refractivity contribution in [3.63, 3.8) is 0 Å². The summed E-state index contributed by atoms with van der Waals surface area (Å²) in [5, 5.41) is 12.9. The van der Waals surface area contributed by atoms with Gasteiger partial charge in [0.05, 0.1) is 0 Å². The number of hydrogen-bond acceptors (Lipinski definition) is 1. The largest absolute Gasteiger partial charge is 0.508 e. The molecular weight excluding hydrogens is 232 g/mol. The molecule has 2 aromatic carbocycles. The maximum Gasteiger partial charge on any atom is 0.120 e. The standard InChI is InChI=1S/C18H24O/c1-17(2,3)14-11-15(19)16(18(4,5)6)13-10-8-7-9-12(13)14/h7-11,19H,1-6H3. The van der Waals surface area contributed by atoms with E-state index < -0.39 is 0 Å². The number of rotatable bonds is 0. The maximum absolute atomic E-state index is 10.5. The van der Waals surface area contributed by atoms with Gasteiger partial charge in [0.15, 0.2) is 0 Å². The molecule has 0 saturated heterocycles. The minimum Gasteiger partial charge on any atom is -0.508 e. The van der Waals surface area contributed by atoms with Gasteiger partial charge in [0.25, 0.3) is 0 Å². The van der Waals surface area contributed by atoms with Gasteiger partial charge in [-0.1, -0.05) is 65.8 Å². The van der Waals surface area contributed by atoms with Gasteiger partial charge in [-0.2, -0.15) is 0 Å². The Morgan fingerprint density at radius 3 is 1.79 bits per heavy atom. The second kappa shape index (κ2) is 4.26. The van der Waals surface area contributed by atoms with Crippen LogP contribution in [0.2, 0.25) is 0 Å². The summed E-state index contributed by atoms with van der Waals surface area (Å²) >= 11 is 0. The van der Waals surface area contributed by atoms with Gasteiger partial charge in [-0.15, -0.1) is 0 Å². The number of fused-ring (bicyclic) bond motifs is 1. The fourth-order valence-electron chi connectivity index (χ4n) is 2.77. The lowest BCUT2D eigenvalue weighted by molar-refractivity contribution is 0.446. The first-order valence-electron chi connectivity index (χ1n) is 6.88. The van der Waals surface area contributed by atoms with Crippen LogP contribution in [0.5, 0.6) is 5.75 Å². The highest BCUT2D eigenvalue weighted by Gasteiger charge is 2.25. The van der Waals surface area contributed by atoms with Gasteiger partial charge in [0.2, 0.25) is 0 Å². The number of aromatic hydroxyl groups is 1. The second-order valence-electron chi connectivity index (χ2n) is 7.36. The Morgan fingerprint density at radius 1 is 0.789 bits per heavy atom. The van der Waals surface area contributed by atoms with Crippen LogP contribution < -0.4 is 0 Å². The summed E-state index contributed by atoms with van der Waals surface area (Å²) in [5.41, 5.74) is 2.19. The van der Waals surface area contributed by atoms with Gasteiger partial charge in [-0.25, -0.2) is 0 Å². The van der Waals surface area contributed by atoms with E-state index in [0.29, 0.717) is 5.75 Å². The number of phenols is 1. The van der Waals surface area contributed by atoms with E-state index in [9.17, 15) is 5.11 Å². The van der Waals surface area contributed by atoms with E-state index >= 15 is 0 Å². The van der Waals surface area contributed by atoms with Crippen molar-refractivity contribution in [2.45, 2.75) is 52.4 Å². The minimum atomic E-state index is -0.0693. The molecule has 0 aliphatic heterocycles. The number of phenolic OH excluding ortho intramolecular Hbond substituents is 1. The van der Waals surface area contributed by atoms with Crippen molar-refractivity contribution >= 4 is 10.8 Å². The first-order valence-corrected chi connectivity index (χ1v) is 6.88. The van der Waals surface area contributed by atoms with Crippen molar-refractivity contribution in [3.05, 3.63) is 41.5 Å². The van der Waals surface area contributed by atoms with Gasteiger partial charge >= 0.3 is 0 Å². The van der Waals surface area contributed by atoms with Crippen LogP contribution in [0.3, 0.4) is 0 Å². The number of hydrogen-bond donors (Lipinski definition) is 1. The molecule has 0 aliphatic carbocycles. The zero-order valence-corrected chi connectivity index (χ0v) is 12.8. The topological polar surface area (TPSA) is 20.2 Å². The number of benzene rings is 2. The molecule has 1 heteroatoms. The van der Waals surface area contributed by atoms with Crippen LogP contribution in [0.15, 0.2) is 30.3 Å². The van der Waals surface area contributed by atoms with Crippen molar-refractivity contribution in [1.29, 1.82) is 0 Å². The molecule has 0 bridgehead atoms. The molecule has 0 unspecified atom stereocenters. The molecule has 2 aromatic rings. The first-order chi connectivity index (χ1) is 8.62. The molecule has 2 rings (SSSR count). The predicted octanol–water partition coefficient (Wildman–Crippen LogP) is 5.14. The maximum atomic E-state index is 10.5. The van der Waals surface area contributed by atoms with E-state index in [-0.39, 0.29) is 10.8 Å². The molecule has 0 amide bonds. The SMILES string of the molecule is CC(C)(C)c1cc(O)c(C(C)(C)C)c2ccccc12. The van der Waals surface area contributed by atoms with Crippen LogP contribution in [-0.2, 0) is 10.8 Å². The van der Waals surface area contributed by atoms with E-state index in [1.54, 1.807) is 0 Å². The Kier molecular flexibility index (Phi) is 3.12. The van der Waals surface area contributed by atoms with Crippen LogP contribution in [0.4, 0.5) is 0 Å². The third kappa shape index (κ3) is 2.47. The van der Waals surface area contributed by atoms with Gasteiger partial charge in [-0.05, 0) is 33.2 Å². The van der Waals surface area contributed by atoms with Gasteiger partial charge in [-0.3, -0.25) is 0 Å². The molecule has 0 aromatic heterocycles. The van der Waals surface area contributed by atoms with Crippen LogP contribution in [0.1, 0.15) is 52.7 Å². The van der Waals surface area contributed by atoms with Crippen molar-refractivity contribution < 1.29 is 5.11 Å². The summed E-state index contributed by atoms with van der Waals surface area (Å²) in [7, 11) is 0. The molecule has 1 N–H and O–H groups in total. The Morgan fingerprint density at radius 2 is 1.32 bits per heavy atom. The Labute approximate surface area is 116 Å². The molecule has 19 heavy (non-hydrogen) atoms. The molecule has 0 spiro atoms. The molecule has 0 aliphatic rings. The smallest absolute Gasteiger partial charge is 0.120 e. The average Bonchev–Trinajstić information content (AvgIpc) is 2.24. The molecule has 0 heterocycles. The van der Waals surface area contributed by atoms with Crippen LogP contribution in [0, 0.1) is 0 Å². The highest BCUT2D eigenvalue weighted by molar-refractivity contribution is 5.92.